The molecule has 0 unspecified atom stereocenters. The molecule has 1 amide bonds. The van der Waals surface area contributed by atoms with Gasteiger partial charge in [-0.15, -0.1) is 0 Å². The lowest BCUT2D eigenvalue weighted by molar-refractivity contribution is -0.0586. The Labute approximate surface area is 171 Å². The van der Waals surface area contributed by atoms with E-state index in [1.807, 2.05) is 20.8 Å². The number of morpholine rings is 1. The average molecular weight is 419 g/mol. The average Bonchev–Trinajstić information content (AvgIpc) is 2.68. The summed E-state index contributed by atoms with van der Waals surface area (Å²) < 4.78 is 38.7. The lowest BCUT2D eigenvalue weighted by Crippen LogP contribution is -2.48. The lowest BCUT2D eigenvalue weighted by Gasteiger charge is -2.35. The van der Waals surface area contributed by atoms with E-state index in [9.17, 15) is 13.2 Å². The van der Waals surface area contributed by atoms with Crippen molar-refractivity contribution in [2.24, 2.45) is 0 Å². The topological polar surface area (TPSA) is 84.9 Å². The van der Waals surface area contributed by atoms with Gasteiger partial charge in [-0.05, 0) is 69.3 Å². The number of ether oxygens (including phenoxy) is 2. The predicted molar refractivity (Wildman–Crippen MR) is 111 cm³/mol. The maximum atomic E-state index is 12.7. The summed E-state index contributed by atoms with van der Waals surface area (Å²) in [6.45, 7) is 7.33. The molecule has 156 valence electrons. The van der Waals surface area contributed by atoms with Crippen LogP contribution in [0.1, 0.15) is 31.1 Å². The van der Waals surface area contributed by atoms with Gasteiger partial charge in [-0.25, -0.2) is 8.42 Å². The molecule has 0 spiro atoms. The molecule has 3 rings (SSSR count). The second kappa shape index (κ2) is 8.84. The van der Waals surface area contributed by atoms with Gasteiger partial charge in [0, 0.05) is 24.3 Å². The fourth-order valence-corrected chi connectivity index (χ4v) is 4.36. The van der Waals surface area contributed by atoms with Crippen molar-refractivity contribution in [2.45, 2.75) is 37.9 Å². The Kier molecular flexibility index (Phi) is 6.44. The zero-order valence-corrected chi connectivity index (χ0v) is 17.6. The number of hydrogen-bond donors (Lipinski definition) is 1. The van der Waals surface area contributed by atoms with Crippen LogP contribution in [0.25, 0.3) is 0 Å². The van der Waals surface area contributed by atoms with Gasteiger partial charge >= 0.3 is 0 Å². The number of hydrogen-bond acceptors (Lipinski definition) is 5. The van der Waals surface area contributed by atoms with Crippen LogP contribution in [0.2, 0.25) is 0 Å². The second-order valence-electron chi connectivity index (χ2n) is 7.05. The summed E-state index contributed by atoms with van der Waals surface area (Å²) in [4.78, 5) is 14.6. The molecule has 1 saturated heterocycles. The van der Waals surface area contributed by atoms with Gasteiger partial charge in [0.2, 0.25) is 0 Å². The fourth-order valence-electron chi connectivity index (χ4n) is 3.30. The van der Waals surface area contributed by atoms with Crippen molar-refractivity contribution in [3.63, 3.8) is 0 Å². The lowest BCUT2D eigenvalue weighted by atomic mass is 10.1. The minimum atomic E-state index is -3.73. The number of sulfonamides is 1. The molecule has 1 fully saturated rings. The summed E-state index contributed by atoms with van der Waals surface area (Å²) in [6, 6.07) is 12.7. The molecule has 1 N–H and O–H groups in total. The van der Waals surface area contributed by atoms with E-state index in [4.69, 9.17) is 9.47 Å². The number of amides is 1. The first-order chi connectivity index (χ1) is 13.8. The number of carbonyl (C=O) groups excluding carboxylic acids is 1. The highest BCUT2D eigenvalue weighted by atomic mass is 32.2. The Morgan fingerprint density at radius 2 is 1.66 bits per heavy atom. The van der Waals surface area contributed by atoms with Gasteiger partial charge in [0.15, 0.2) is 0 Å². The van der Waals surface area contributed by atoms with Gasteiger partial charge < -0.3 is 14.4 Å². The van der Waals surface area contributed by atoms with E-state index in [2.05, 4.69) is 4.72 Å². The summed E-state index contributed by atoms with van der Waals surface area (Å²) in [5.41, 5.74) is 0.898. The fraction of sp³-hybridized carbons (Fsp3) is 0.381. The maximum absolute atomic E-state index is 12.7. The standard InChI is InChI=1S/C21H26N2O5S/c1-4-27-19-9-11-20(12-10-19)29(25,26)22-18-7-5-17(6-8-18)21(24)23-13-15(2)28-16(3)14-23/h5-12,15-16,22H,4,13-14H2,1-3H3/t15-,16-/m1/s1. The van der Waals surface area contributed by atoms with Crippen LogP contribution in [-0.4, -0.2) is 51.1 Å². The number of carbonyl (C=O) groups is 1. The molecule has 1 heterocycles. The van der Waals surface area contributed by atoms with Crippen LogP contribution in [-0.2, 0) is 14.8 Å². The maximum Gasteiger partial charge on any atom is 0.261 e. The van der Waals surface area contributed by atoms with Gasteiger partial charge in [-0.1, -0.05) is 0 Å². The molecular weight excluding hydrogens is 392 g/mol. The third-order valence-corrected chi connectivity index (χ3v) is 5.93. The Balaban J connectivity index is 1.69. The van der Waals surface area contributed by atoms with Crippen LogP contribution in [0, 0.1) is 0 Å². The Bertz CT molecular complexity index is 932. The molecule has 0 aliphatic carbocycles. The SMILES string of the molecule is CCOc1ccc(S(=O)(=O)Nc2ccc(C(=O)N3C[C@@H](C)O[C@H](C)C3)cc2)cc1. The van der Waals surface area contributed by atoms with Crippen molar-refractivity contribution in [3.05, 3.63) is 54.1 Å². The van der Waals surface area contributed by atoms with Crippen LogP contribution >= 0.6 is 0 Å². The van der Waals surface area contributed by atoms with E-state index in [1.54, 1.807) is 41.3 Å². The summed E-state index contributed by atoms with van der Waals surface area (Å²) in [7, 11) is -3.73. The molecule has 0 bridgehead atoms. The van der Waals surface area contributed by atoms with Crippen LogP contribution in [0.5, 0.6) is 5.75 Å². The minimum absolute atomic E-state index is 0.0112. The summed E-state index contributed by atoms with van der Waals surface area (Å²) in [6.07, 6.45) is -0.0224. The van der Waals surface area contributed by atoms with Crippen LogP contribution in [0.15, 0.2) is 53.4 Å². The molecule has 0 aromatic heterocycles. The molecule has 8 heteroatoms. The highest BCUT2D eigenvalue weighted by Gasteiger charge is 2.26. The Hall–Kier alpha value is -2.58. The zero-order chi connectivity index (χ0) is 21.0. The van der Waals surface area contributed by atoms with Crippen molar-refractivity contribution in [1.82, 2.24) is 4.90 Å². The monoisotopic (exact) mass is 418 g/mol. The van der Waals surface area contributed by atoms with E-state index in [0.717, 1.165) is 0 Å². The Morgan fingerprint density at radius 3 is 2.21 bits per heavy atom. The summed E-state index contributed by atoms with van der Waals surface area (Å²) in [5.74, 6) is 0.522. The van der Waals surface area contributed by atoms with Crippen molar-refractivity contribution in [2.75, 3.05) is 24.4 Å². The van der Waals surface area contributed by atoms with Crippen molar-refractivity contribution in [1.29, 1.82) is 0 Å². The van der Waals surface area contributed by atoms with Crippen LogP contribution < -0.4 is 9.46 Å². The van der Waals surface area contributed by atoms with Crippen molar-refractivity contribution in [3.8, 4) is 5.75 Å². The molecule has 2 aromatic rings. The van der Waals surface area contributed by atoms with E-state index in [0.29, 0.717) is 36.7 Å². The van der Waals surface area contributed by atoms with Gasteiger partial charge in [-0.3, -0.25) is 9.52 Å². The predicted octanol–water partition coefficient (Wildman–Crippen LogP) is 3.14. The highest BCUT2D eigenvalue weighted by molar-refractivity contribution is 7.92. The van der Waals surface area contributed by atoms with Gasteiger partial charge in [0.1, 0.15) is 5.75 Å². The zero-order valence-electron chi connectivity index (χ0n) is 16.8. The van der Waals surface area contributed by atoms with Gasteiger partial charge in [0.25, 0.3) is 15.9 Å². The van der Waals surface area contributed by atoms with E-state index in [1.165, 1.54) is 12.1 Å². The number of rotatable bonds is 6. The highest BCUT2D eigenvalue weighted by Crippen LogP contribution is 2.21. The molecule has 0 radical (unpaired) electrons. The first-order valence-electron chi connectivity index (χ1n) is 9.59. The first-order valence-corrected chi connectivity index (χ1v) is 11.1. The second-order valence-corrected chi connectivity index (χ2v) is 8.74. The van der Waals surface area contributed by atoms with E-state index >= 15 is 0 Å². The molecule has 2 aromatic carbocycles. The van der Waals surface area contributed by atoms with E-state index < -0.39 is 10.0 Å². The summed E-state index contributed by atoms with van der Waals surface area (Å²) in [5, 5.41) is 0. The largest absolute Gasteiger partial charge is 0.494 e. The number of nitrogens with zero attached hydrogens (tertiary/aromatic N) is 1. The molecule has 2 atom stereocenters. The van der Waals surface area contributed by atoms with Gasteiger partial charge in [0.05, 0.1) is 23.7 Å². The smallest absolute Gasteiger partial charge is 0.261 e. The third-order valence-electron chi connectivity index (χ3n) is 4.54. The first kappa shape index (κ1) is 21.1. The van der Waals surface area contributed by atoms with Crippen molar-refractivity contribution < 1.29 is 22.7 Å². The molecule has 1 aliphatic heterocycles. The molecular formula is C21H26N2O5S. The third kappa shape index (κ3) is 5.27. The van der Waals surface area contributed by atoms with Crippen LogP contribution in [0.3, 0.4) is 0 Å². The Morgan fingerprint density at radius 1 is 1.07 bits per heavy atom. The number of anilines is 1. The summed E-state index contributed by atoms with van der Waals surface area (Å²) >= 11 is 0. The molecule has 1 aliphatic rings. The van der Waals surface area contributed by atoms with Gasteiger partial charge in [-0.2, -0.15) is 0 Å². The van der Waals surface area contributed by atoms with Crippen molar-refractivity contribution >= 4 is 21.6 Å². The quantitative estimate of drug-likeness (QED) is 0.779. The number of benzene rings is 2. The minimum Gasteiger partial charge on any atom is -0.494 e. The van der Waals surface area contributed by atoms with E-state index in [-0.39, 0.29) is 23.0 Å². The molecule has 29 heavy (non-hydrogen) atoms. The molecule has 7 nitrogen and oxygen atoms in total. The molecule has 0 saturated carbocycles. The normalized spacial score (nSPS) is 19.6. The van der Waals surface area contributed by atoms with Crippen LogP contribution in [0.4, 0.5) is 5.69 Å². The number of nitrogens with one attached hydrogen (secondary N) is 1.